The Kier molecular flexibility index (Phi) is 6.79. The van der Waals surface area contributed by atoms with Crippen molar-refractivity contribution < 1.29 is 33.0 Å². The largest absolute Gasteiger partial charge is 0.479 e. The molecule has 8 nitrogen and oxygen atoms in total. The first kappa shape index (κ1) is 22.1. The van der Waals surface area contributed by atoms with Gasteiger partial charge in [0.25, 0.3) is 0 Å². The molecule has 3 aromatic rings. The van der Waals surface area contributed by atoms with Crippen molar-refractivity contribution in [2.24, 2.45) is 0 Å². The van der Waals surface area contributed by atoms with Gasteiger partial charge in [-0.25, -0.2) is 14.4 Å². The van der Waals surface area contributed by atoms with Gasteiger partial charge in [0.1, 0.15) is 17.1 Å². The van der Waals surface area contributed by atoms with Gasteiger partial charge in [-0.3, -0.25) is 0 Å². The average Bonchev–Trinajstić information content (AvgIpc) is 2.74. The van der Waals surface area contributed by atoms with Gasteiger partial charge < -0.3 is 23.4 Å². The number of esters is 2. The zero-order valence-electron chi connectivity index (χ0n) is 17.8. The molecule has 0 aliphatic heterocycles. The lowest BCUT2D eigenvalue weighted by Crippen LogP contribution is -2.27. The topological polar surface area (TPSA) is 101 Å². The van der Waals surface area contributed by atoms with Gasteiger partial charge in [-0.05, 0) is 33.8 Å². The van der Waals surface area contributed by atoms with Crippen molar-refractivity contribution in [3.8, 4) is 11.5 Å². The van der Waals surface area contributed by atoms with Crippen LogP contribution in [-0.2, 0) is 19.1 Å². The zero-order chi connectivity index (χ0) is 22.5. The molecular weight excluding hydrogens is 404 g/mol. The van der Waals surface area contributed by atoms with Gasteiger partial charge in [0.15, 0.2) is 12.2 Å². The summed E-state index contributed by atoms with van der Waals surface area (Å²) in [4.78, 5) is 36.5. The van der Waals surface area contributed by atoms with E-state index in [1.54, 1.807) is 58.0 Å². The molecule has 0 bridgehead atoms. The summed E-state index contributed by atoms with van der Waals surface area (Å²) in [5.41, 5.74) is -0.327. The Bertz CT molecular complexity index is 1160. The highest BCUT2D eigenvalue weighted by atomic mass is 16.6. The fraction of sp³-hybridized carbons (Fsp3) is 0.348. The average molecular weight is 428 g/mol. The highest BCUT2D eigenvalue weighted by Gasteiger charge is 2.22. The van der Waals surface area contributed by atoms with E-state index in [4.69, 9.17) is 23.4 Å². The normalized spacial score (nSPS) is 12.9. The maximum atomic E-state index is 12.4. The monoisotopic (exact) mass is 428 g/mol. The number of hydrogen-bond acceptors (Lipinski definition) is 8. The molecule has 0 N–H and O–H groups in total. The number of fused-ring (bicyclic) bond motifs is 3. The van der Waals surface area contributed by atoms with Gasteiger partial charge in [0.05, 0.1) is 24.0 Å². The number of benzene rings is 2. The van der Waals surface area contributed by atoms with E-state index in [9.17, 15) is 14.4 Å². The number of carbonyl (C=O) groups is 2. The van der Waals surface area contributed by atoms with Crippen molar-refractivity contribution in [3.05, 3.63) is 46.8 Å². The molecule has 164 valence electrons. The van der Waals surface area contributed by atoms with E-state index in [0.717, 1.165) is 0 Å². The molecule has 0 fully saturated rings. The molecule has 0 aliphatic carbocycles. The van der Waals surface area contributed by atoms with Crippen molar-refractivity contribution in [2.45, 2.75) is 39.9 Å². The Labute approximate surface area is 178 Å². The molecule has 8 heteroatoms. The van der Waals surface area contributed by atoms with Gasteiger partial charge in [-0.15, -0.1) is 0 Å². The lowest BCUT2D eigenvalue weighted by Gasteiger charge is -2.18. The summed E-state index contributed by atoms with van der Waals surface area (Å²) in [6.45, 7) is 6.93. The second-order valence-corrected chi connectivity index (χ2v) is 6.75. The molecule has 0 spiro atoms. The second kappa shape index (κ2) is 9.51. The predicted octanol–water partition coefficient (Wildman–Crippen LogP) is 3.61. The SMILES string of the molecule is CCOC(=O)[C@H](C)Oc1cc(O[C@H](C)C(=O)OCC)cc2oc(=O)c3ccccc3c12. The van der Waals surface area contributed by atoms with E-state index in [2.05, 4.69) is 0 Å². The Morgan fingerprint density at radius 2 is 1.48 bits per heavy atom. The smallest absolute Gasteiger partial charge is 0.347 e. The summed E-state index contributed by atoms with van der Waals surface area (Å²) in [5.74, 6) is -0.602. The third-order valence-corrected chi connectivity index (χ3v) is 4.51. The second-order valence-electron chi connectivity index (χ2n) is 6.75. The lowest BCUT2D eigenvalue weighted by molar-refractivity contribution is -0.151. The van der Waals surface area contributed by atoms with Gasteiger partial charge in [0, 0.05) is 17.5 Å². The van der Waals surface area contributed by atoms with Crippen molar-refractivity contribution >= 4 is 33.7 Å². The third kappa shape index (κ3) is 4.79. The molecule has 1 heterocycles. The minimum atomic E-state index is -0.924. The summed E-state index contributed by atoms with van der Waals surface area (Å²) in [7, 11) is 0. The van der Waals surface area contributed by atoms with E-state index in [1.807, 2.05) is 0 Å². The fourth-order valence-corrected chi connectivity index (χ4v) is 3.12. The molecule has 0 unspecified atom stereocenters. The molecule has 1 aromatic heterocycles. The third-order valence-electron chi connectivity index (χ3n) is 4.51. The Balaban J connectivity index is 2.14. The fourth-order valence-electron chi connectivity index (χ4n) is 3.12. The van der Waals surface area contributed by atoms with E-state index >= 15 is 0 Å². The van der Waals surface area contributed by atoms with Crippen LogP contribution in [-0.4, -0.2) is 37.4 Å². The first-order valence-corrected chi connectivity index (χ1v) is 10.0. The van der Waals surface area contributed by atoms with Crippen LogP contribution >= 0.6 is 0 Å². The molecular formula is C23H24O8. The van der Waals surface area contributed by atoms with Crippen molar-refractivity contribution in [3.63, 3.8) is 0 Å². The van der Waals surface area contributed by atoms with Crippen LogP contribution in [0.4, 0.5) is 0 Å². The Morgan fingerprint density at radius 3 is 2.10 bits per heavy atom. The van der Waals surface area contributed by atoms with Crippen molar-refractivity contribution in [2.75, 3.05) is 13.2 Å². The van der Waals surface area contributed by atoms with Crippen molar-refractivity contribution in [1.29, 1.82) is 0 Å². The van der Waals surface area contributed by atoms with Crippen LogP contribution in [0.5, 0.6) is 11.5 Å². The minimum Gasteiger partial charge on any atom is -0.479 e. The van der Waals surface area contributed by atoms with Crippen LogP contribution in [0.2, 0.25) is 0 Å². The highest BCUT2D eigenvalue weighted by Crippen LogP contribution is 2.36. The summed E-state index contributed by atoms with van der Waals surface area (Å²) in [6, 6.07) is 9.96. The number of carbonyl (C=O) groups excluding carboxylic acids is 2. The van der Waals surface area contributed by atoms with Gasteiger partial charge in [0.2, 0.25) is 0 Å². The zero-order valence-corrected chi connectivity index (χ0v) is 17.8. The van der Waals surface area contributed by atoms with E-state index in [0.29, 0.717) is 16.2 Å². The van der Waals surface area contributed by atoms with Crippen LogP contribution in [0.15, 0.2) is 45.6 Å². The maximum Gasteiger partial charge on any atom is 0.347 e. The van der Waals surface area contributed by atoms with Crippen LogP contribution in [0.25, 0.3) is 21.7 Å². The summed E-state index contributed by atoms with van der Waals surface area (Å²) in [5, 5.41) is 1.48. The molecule has 0 saturated carbocycles. The quantitative estimate of drug-likeness (QED) is 0.305. The van der Waals surface area contributed by atoms with Crippen LogP contribution in [0, 0.1) is 0 Å². The Morgan fingerprint density at radius 1 is 0.903 bits per heavy atom. The van der Waals surface area contributed by atoms with Crippen molar-refractivity contribution in [1.82, 2.24) is 0 Å². The van der Waals surface area contributed by atoms with Gasteiger partial charge in [-0.2, -0.15) is 0 Å². The van der Waals surface area contributed by atoms with Crippen LogP contribution in [0.1, 0.15) is 27.7 Å². The molecule has 2 atom stereocenters. The summed E-state index contributed by atoms with van der Waals surface area (Å²) >= 11 is 0. The predicted molar refractivity (Wildman–Crippen MR) is 113 cm³/mol. The summed E-state index contributed by atoms with van der Waals surface area (Å²) in [6.07, 6.45) is -1.83. The number of hydrogen-bond donors (Lipinski definition) is 0. The minimum absolute atomic E-state index is 0.198. The molecule has 0 radical (unpaired) electrons. The van der Waals surface area contributed by atoms with Crippen LogP contribution < -0.4 is 15.1 Å². The standard InChI is InChI=1S/C23H24O8/c1-5-27-21(24)13(3)29-15-11-18(30-14(4)22(25)28-6-2)20-16-9-7-8-10-17(16)23(26)31-19(20)12-15/h7-14H,5-6H2,1-4H3/t13-,14+/m1/s1. The Hall–Kier alpha value is -3.55. The first-order chi connectivity index (χ1) is 14.8. The molecule has 2 aromatic carbocycles. The van der Waals surface area contributed by atoms with E-state index < -0.39 is 29.8 Å². The number of rotatable bonds is 8. The first-order valence-electron chi connectivity index (χ1n) is 10.0. The molecule has 0 saturated heterocycles. The van der Waals surface area contributed by atoms with E-state index in [1.165, 1.54) is 6.07 Å². The molecule has 0 aliphatic rings. The van der Waals surface area contributed by atoms with Gasteiger partial charge >= 0.3 is 17.6 Å². The molecule has 3 rings (SSSR count). The molecule has 31 heavy (non-hydrogen) atoms. The number of ether oxygens (including phenoxy) is 4. The highest BCUT2D eigenvalue weighted by molar-refractivity contribution is 6.08. The summed E-state index contributed by atoms with van der Waals surface area (Å²) < 4.78 is 27.0. The van der Waals surface area contributed by atoms with Crippen LogP contribution in [0.3, 0.4) is 0 Å². The molecule has 0 amide bonds. The van der Waals surface area contributed by atoms with E-state index in [-0.39, 0.29) is 30.3 Å². The lowest BCUT2D eigenvalue weighted by atomic mass is 10.1. The maximum absolute atomic E-state index is 12.4. The van der Waals surface area contributed by atoms with Gasteiger partial charge in [-0.1, -0.05) is 18.2 Å².